The Morgan fingerprint density at radius 3 is 2.94 bits per heavy atom. The van der Waals surface area contributed by atoms with E-state index in [4.69, 9.17) is 0 Å². The predicted molar refractivity (Wildman–Crippen MR) is 61.9 cm³/mol. The second kappa shape index (κ2) is 3.67. The molecule has 0 unspecified atom stereocenters. The number of phenolic OH excluding ortho intramolecular Hbond substituents is 1. The van der Waals surface area contributed by atoms with E-state index in [-0.39, 0.29) is 5.75 Å². The predicted octanol–water partition coefficient (Wildman–Crippen LogP) is 2.46. The smallest absolute Gasteiger partial charge is 0.117 e. The normalized spacial score (nSPS) is 14.8. The number of rotatable bonds is 1. The zero-order valence-corrected chi connectivity index (χ0v) is 9.06. The fourth-order valence-electron chi connectivity index (χ4n) is 2.34. The number of aryl methyl sites for hydroxylation is 1. The lowest BCUT2D eigenvalue weighted by molar-refractivity contribution is 0.474. The summed E-state index contributed by atoms with van der Waals surface area (Å²) in [6.07, 6.45) is 6.67. The molecule has 1 aliphatic rings. The molecule has 0 atom stereocenters. The Balaban J connectivity index is 2.09. The Labute approximate surface area is 94.3 Å². The number of hydrogen-bond acceptors (Lipinski definition) is 2. The monoisotopic (exact) mass is 214 g/mol. The van der Waals surface area contributed by atoms with Crippen LogP contribution in [0.3, 0.4) is 0 Å². The largest absolute Gasteiger partial charge is 0.508 e. The van der Waals surface area contributed by atoms with Gasteiger partial charge in [0.2, 0.25) is 0 Å². The van der Waals surface area contributed by atoms with E-state index >= 15 is 0 Å². The number of aromatic nitrogens is 2. The second-order valence-electron chi connectivity index (χ2n) is 4.26. The van der Waals surface area contributed by atoms with Crippen molar-refractivity contribution in [3.05, 3.63) is 41.7 Å². The summed E-state index contributed by atoms with van der Waals surface area (Å²) in [5, 5.41) is 13.9. The molecule has 1 heterocycles. The maximum atomic E-state index is 9.47. The number of aromatic hydroxyl groups is 1. The molecule has 3 rings (SSSR count). The molecular formula is C13H14N2O. The molecule has 3 heteroatoms. The van der Waals surface area contributed by atoms with Gasteiger partial charge in [0, 0.05) is 11.8 Å². The van der Waals surface area contributed by atoms with Crippen molar-refractivity contribution in [1.82, 2.24) is 9.78 Å². The molecule has 0 saturated carbocycles. The van der Waals surface area contributed by atoms with E-state index in [1.807, 2.05) is 23.0 Å². The summed E-state index contributed by atoms with van der Waals surface area (Å²) in [5.74, 6) is 0.289. The molecule has 0 radical (unpaired) electrons. The quantitative estimate of drug-likeness (QED) is 0.791. The lowest BCUT2D eigenvalue weighted by atomic mass is 9.98. The molecule has 0 fully saturated rings. The number of benzene rings is 1. The summed E-state index contributed by atoms with van der Waals surface area (Å²) in [5.41, 5.74) is 3.61. The van der Waals surface area contributed by atoms with E-state index in [0.717, 1.165) is 18.5 Å². The highest BCUT2D eigenvalue weighted by molar-refractivity contribution is 5.40. The first-order chi connectivity index (χ1) is 7.84. The first kappa shape index (κ1) is 9.46. The summed E-state index contributed by atoms with van der Waals surface area (Å²) in [6.45, 7) is 0. The molecule has 1 aromatic heterocycles. The van der Waals surface area contributed by atoms with Gasteiger partial charge in [-0.3, -0.25) is 0 Å². The van der Waals surface area contributed by atoms with Gasteiger partial charge in [-0.15, -0.1) is 0 Å². The molecule has 1 aliphatic carbocycles. The van der Waals surface area contributed by atoms with Gasteiger partial charge in [-0.25, -0.2) is 4.68 Å². The van der Waals surface area contributed by atoms with E-state index in [0.29, 0.717) is 0 Å². The first-order valence-electron chi connectivity index (χ1n) is 5.70. The van der Waals surface area contributed by atoms with Crippen LogP contribution in [0.5, 0.6) is 5.75 Å². The third kappa shape index (κ3) is 1.48. The van der Waals surface area contributed by atoms with Crippen molar-refractivity contribution < 1.29 is 5.11 Å². The van der Waals surface area contributed by atoms with Crippen LogP contribution in [0.1, 0.15) is 24.1 Å². The Hall–Kier alpha value is -1.77. The summed E-state index contributed by atoms with van der Waals surface area (Å²) < 4.78 is 1.95. The van der Waals surface area contributed by atoms with Crippen LogP contribution in [0, 0.1) is 0 Å². The van der Waals surface area contributed by atoms with Crippen LogP contribution in [-0.2, 0) is 12.8 Å². The zero-order valence-electron chi connectivity index (χ0n) is 9.06. The highest BCUT2D eigenvalue weighted by Gasteiger charge is 2.15. The van der Waals surface area contributed by atoms with E-state index in [9.17, 15) is 5.11 Å². The molecule has 2 aromatic rings. The van der Waals surface area contributed by atoms with Crippen LogP contribution in [-0.4, -0.2) is 14.9 Å². The Bertz CT molecular complexity index is 516. The van der Waals surface area contributed by atoms with Crippen molar-refractivity contribution in [2.45, 2.75) is 25.7 Å². The van der Waals surface area contributed by atoms with Crippen LogP contribution in [0.4, 0.5) is 0 Å². The third-order valence-corrected chi connectivity index (χ3v) is 3.14. The zero-order chi connectivity index (χ0) is 11.0. The summed E-state index contributed by atoms with van der Waals surface area (Å²) >= 11 is 0. The highest BCUT2D eigenvalue weighted by Crippen LogP contribution is 2.24. The van der Waals surface area contributed by atoms with Crippen molar-refractivity contribution >= 4 is 0 Å². The SMILES string of the molecule is Oc1cccc(-n2ncc3c2CCCC3)c1. The fraction of sp³-hybridized carbons (Fsp3) is 0.308. The minimum atomic E-state index is 0.289. The molecule has 0 spiro atoms. The molecule has 82 valence electrons. The Kier molecular flexibility index (Phi) is 2.17. The van der Waals surface area contributed by atoms with Gasteiger partial charge in [-0.1, -0.05) is 6.07 Å². The van der Waals surface area contributed by atoms with Crippen molar-refractivity contribution in [2.75, 3.05) is 0 Å². The van der Waals surface area contributed by atoms with Gasteiger partial charge in [0.1, 0.15) is 5.75 Å². The van der Waals surface area contributed by atoms with Crippen molar-refractivity contribution in [2.24, 2.45) is 0 Å². The van der Waals surface area contributed by atoms with Crippen LogP contribution in [0.15, 0.2) is 30.5 Å². The Morgan fingerprint density at radius 1 is 1.19 bits per heavy atom. The molecule has 0 saturated heterocycles. The molecule has 3 nitrogen and oxygen atoms in total. The fourth-order valence-corrected chi connectivity index (χ4v) is 2.34. The molecule has 1 N–H and O–H groups in total. The van der Waals surface area contributed by atoms with E-state index < -0.39 is 0 Å². The van der Waals surface area contributed by atoms with Crippen molar-refractivity contribution in [1.29, 1.82) is 0 Å². The minimum absolute atomic E-state index is 0.289. The van der Waals surface area contributed by atoms with Gasteiger partial charge in [-0.05, 0) is 43.4 Å². The molecule has 1 aromatic carbocycles. The molecular weight excluding hydrogens is 200 g/mol. The topological polar surface area (TPSA) is 38.0 Å². The number of hydrogen-bond donors (Lipinski definition) is 1. The van der Waals surface area contributed by atoms with Gasteiger partial charge in [-0.2, -0.15) is 5.10 Å². The number of nitrogens with zero attached hydrogens (tertiary/aromatic N) is 2. The lowest BCUT2D eigenvalue weighted by Gasteiger charge is -2.13. The molecule has 0 aliphatic heterocycles. The summed E-state index contributed by atoms with van der Waals surface area (Å²) in [6, 6.07) is 7.25. The average molecular weight is 214 g/mol. The standard InChI is InChI=1S/C13H14N2O/c16-12-6-3-5-11(8-12)15-13-7-2-1-4-10(13)9-14-15/h3,5-6,8-9,16H,1-2,4,7H2. The maximum Gasteiger partial charge on any atom is 0.117 e. The van der Waals surface area contributed by atoms with Crippen molar-refractivity contribution in [3.8, 4) is 11.4 Å². The Morgan fingerprint density at radius 2 is 2.06 bits per heavy atom. The van der Waals surface area contributed by atoms with Crippen LogP contribution < -0.4 is 0 Å². The minimum Gasteiger partial charge on any atom is -0.508 e. The number of fused-ring (bicyclic) bond motifs is 1. The summed E-state index contributed by atoms with van der Waals surface area (Å²) in [7, 11) is 0. The van der Waals surface area contributed by atoms with E-state index in [1.54, 1.807) is 12.1 Å². The highest BCUT2D eigenvalue weighted by atomic mass is 16.3. The number of phenols is 1. The first-order valence-corrected chi connectivity index (χ1v) is 5.70. The van der Waals surface area contributed by atoms with Crippen LogP contribution in [0.2, 0.25) is 0 Å². The second-order valence-corrected chi connectivity index (χ2v) is 4.26. The molecule has 16 heavy (non-hydrogen) atoms. The maximum absolute atomic E-state index is 9.47. The van der Waals surface area contributed by atoms with Crippen LogP contribution in [0.25, 0.3) is 5.69 Å². The van der Waals surface area contributed by atoms with Crippen molar-refractivity contribution in [3.63, 3.8) is 0 Å². The third-order valence-electron chi connectivity index (χ3n) is 3.14. The lowest BCUT2D eigenvalue weighted by Crippen LogP contribution is -2.07. The summed E-state index contributed by atoms with van der Waals surface area (Å²) in [4.78, 5) is 0. The molecule has 0 amide bonds. The van der Waals surface area contributed by atoms with Crippen LogP contribution >= 0.6 is 0 Å². The van der Waals surface area contributed by atoms with Gasteiger partial charge < -0.3 is 5.11 Å². The average Bonchev–Trinajstić information content (AvgIpc) is 2.72. The van der Waals surface area contributed by atoms with Gasteiger partial charge in [0.25, 0.3) is 0 Å². The molecule has 0 bridgehead atoms. The van der Waals surface area contributed by atoms with E-state index in [2.05, 4.69) is 5.10 Å². The van der Waals surface area contributed by atoms with E-state index in [1.165, 1.54) is 24.1 Å². The van der Waals surface area contributed by atoms with Gasteiger partial charge in [0.05, 0.1) is 11.9 Å². The van der Waals surface area contributed by atoms with Gasteiger partial charge in [0.15, 0.2) is 0 Å². The van der Waals surface area contributed by atoms with Gasteiger partial charge >= 0.3 is 0 Å².